The van der Waals surface area contributed by atoms with Crippen molar-refractivity contribution in [2.75, 3.05) is 17.2 Å². The predicted octanol–water partition coefficient (Wildman–Crippen LogP) is 3.03. The fourth-order valence-electron chi connectivity index (χ4n) is 1.89. The molecular weight excluding hydrogens is 359 g/mol. The van der Waals surface area contributed by atoms with Crippen LogP contribution in [0.5, 0.6) is 0 Å². The number of nitrogens with one attached hydrogen (secondary N) is 4. The van der Waals surface area contributed by atoms with Gasteiger partial charge < -0.3 is 10.1 Å². The summed E-state index contributed by atoms with van der Waals surface area (Å²) in [5.41, 5.74) is 5.89. The van der Waals surface area contributed by atoms with Crippen LogP contribution in [-0.2, 0) is 4.74 Å². The van der Waals surface area contributed by atoms with Crippen molar-refractivity contribution in [2.45, 2.75) is 6.92 Å². The van der Waals surface area contributed by atoms with Crippen LogP contribution in [0.4, 0.5) is 20.6 Å². The first kappa shape index (κ1) is 19.1. The molecule has 0 aliphatic carbocycles. The summed E-state index contributed by atoms with van der Waals surface area (Å²) in [6.45, 7) is 1.96. The van der Waals surface area contributed by atoms with Gasteiger partial charge in [0.1, 0.15) is 5.82 Å². The molecule has 0 heterocycles. The number of halogens is 1. The highest BCUT2D eigenvalue weighted by Crippen LogP contribution is 2.12. The number of hydrogen-bond acceptors (Lipinski definition) is 4. The Labute approximate surface area is 154 Å². The molecule has 9 heteroatoms. The second kappa shape index (κ2) is 9.33. The summed E-state index contributed by atoms with van der Waals surface area (Å²) in [5.74, 6) is -0.918. The molecule has 0 bridgehead atoms. The lowest BCUT2D eigenvalue weighted by Gasteiger charge is -2.12. The maximum Gasteiger partial charge on any atom is 0.411 e. The molecule has 0 aromatic heterocycles. The minimum Gasteiger partial charge on any atom is -0.450 e. The average molecular weight is 376 g/mol. The van der Waals surface area contributed by atoms with E-state index in [1.165, 1.54) is 24.3 Å². The van der Waals surface area contributed by atoms with Crippen LogP contribution in [0.15, 0.2) is 48.5 Å². The molecule has 7 nitrogen and oxygen atoms in total. The normalized spacial score (nSPS) is 9.77. The molecule has 0 fully saturated rings. The van der Waals surface area contributed by atoms with E-state index in [4.69, 9.17) is 17.0 Å². The van der Waals surface area contributed by atoms with E-state index in [1.807, 2.05) is 0 Å². The molecule has 2 aromatic carbocycles. The van der Waals surface area contributed by atoms with Gasteiger partial charge in [-0.25, -0.2) is 9.18 Å². The number of ether oxygens (including phenoxy) is 1. The Morgan fingerprint density at radius 1 is 1.04 bits per heavy atom. The first-order chi connectivity index (χ1) is 12.5. The van der Waals surface area contributed by atoms with Gasteiger partial charge in [-0.3, -0.25) is 21.0 Å². The van der Waals surface area contributed by atoms with Crippen molar-refractivity contribution in [1.29, 1.82) is 0 Å². The summed E-state index contributed by atoms with van der Waals surface area (Å²) < 4.78 is 18.3. The molecule has 26 heavy (non-hydrogen) atoms. The fourth-order valence-corrected chi connectivity index (χ4v) is 2.05. The number of thiocarbonyl (C=S) groups is 1. The molecular formula is C17H17FN4O3S. The number of hydrogen-bond donors (Lipinski definition) is 4. The quantitative estimate of drug-likeness (QED) is 0.484. The van der Waals surface area contributed by atoms with Gasteiger partial charge in [-0.05, 0) is 55.5 Å². The van der Waals surface area contributed by atoms with Gasteiger partial charge in [-0.2, -0.15) is 0 Å². The lowest BCUT2D eigenvalue weighted by atomic mass is 10.2. The van der Waals surface area contributed by atoms with Crippen LogP contribution in [0.3, 0.4) is 0 Å². The summed E-state index contributed by atoms with van der Waals surface area (Å²) in [6, 6.07) is 12.2. The van der Waals surface area contributed by atoms with Gasteiger partial charge in [0.2, 0.25) is 0 Å². The number of hydrazine groups is 1. The van der Waals surface area contributed by atoms with E-state index in [1.54, 1.807) is 31.2 Å². The summed E-state index contributed by atoms with van der Waals surface area (Å²) in [4.78, 5) is 23.4. The number of para-hydroxylation sites is 1. The molecule has 0 saturated carbocycles. The Morgan fingerprint density at radius 3 is 2.38 bits per heavy atom. The highest BCUT2D eigenvalue weighted by atomic mass is 32.1. The van der Waals surface area contributed by atoms with Crippen LogP contribution >= 0.6 is 12.2 Å². The molecule has 2 aromatic rings. The van der Waals surface area contributed by atoms with E-state index in [0.29, 0.717) is 11.3 Å². The number of benzene rings is 2. The number of rotatable bonds is 4. The molecule has 0 saturated heterocycles. The van der Waals surface area contributed by atoms with Gasteiger partial charge in [0.25, 0.3) is 5.91 Å². The largest absolute Gasteiger partial charge is 0.450 e. The van der Waals surface area contributed by atoms with Crippen LogP contribution in [0.25, 0.3) is 0 Å². The van der Waals surface area contributed by atoms with Crippen molar-refractivity contribution < 1.29 is 18.7 Å². The first-order valence-electron chi connectivity index (χ1n) is 7.65. The van der Waals surface area contributed by atoms with Gasteiger partial charge >= 0.3 is 6.09 Å². The van der Waals surface area contributed by atoms with Crippen molar-refractivity contribution in [1.82, 2.24) is 10.9 Å². The summed E-state index contributed by atoms with van der Waals surface area (Å²) in [6.07, 6.45) is -0.573. The van der Waals surface area contributed by atoms with Crippen molar-refractivity contribution in [3.63, 3.8) is 0 Å². The van der Waals surface area contributed by atoms with Crippen LogP contribution in [0.1, 0.15) is 17.3 Å². The Hall–Kier alpha value is -3.20. The Morgan fingerprint density at radius 2 is 1.73 bits per heavy atom. The predicted molar refractivity (Wildman–Crippen MR) is 100 cm³/mol. The highest BCUT2D eigenvalue weighted by molar-refractivity contribution is 7.80. The third-order valence-electron chi connectivity index (χ3n) is 3.08. The zero-order chi connectivity index (χ0) is 18.9. The molecule has 0 aliphatic rings. The minimum absolute atomic E-state index is 0.0315. The molecule has 2 rings (SSSR count). The minimum atomic E-state index is -0.573. The summed E-state index contributed by atoms with van der Waals surface area (Å²) >= 11 is 4.99. The topological polar surface area (TPSA) is 91.5 Å². The first-order valence-corrected chi connectivity index (χ1v) is 8.06. The summed E-state index contributed by atoms with van der Waals surface area (Å²) in [7, 11) is 0. The molecule has 136 valence electrons. The van der Waals surface area contributed by atoms with E-state index in [0.717, 1.165) is 0 Å². The second-order valence-electron chi connectivity index (χ2n) is 4.94. The number of carbonyl (C=O) groups is 2. The average Bonchev–Trinajstić information content (AvgIpc) is 2.62. The number of anilines is 2. The van der Waals surface area contributed by atoms with Gasteiger partial charge in [-0.15, -0.1) is 0 Å². The molecule has 0 unspecified atom stereocenters. The Kier molecular flexibility index (Phi) is 6.86. The highest BCUT2D eigenvalue weighted by Gasteiger charge is 2.08. The van der Waals surface area contributed by atoms with Gasteiger partial charge in [0.05, 0.1) is 12.3 Å². The van der Waals surface area contributed by atoms with Crippen molar-refractivity contribution in [3.05, 3.63) is 59.9 Å². The fraction of sp³-hybridized carbons (Fsp3) is 0.118. The van der Waals surface area contributed by atoms with E-state index in [9.17, 15) is 14.0 Å². The zero-order valence-electron chi connectivity index (χ0n) is 13.8. The molecule has 0 atom stereocenters. The third kappa shape index (κ3) is 5.71. The zero-order valence-corrected chi connectivity index (χ0v) is 14.7. The molecule has 0 spiro atoms. The Bertz CT molecular complexity index is 799. The number of carbonyl (C=O) groups excluding carboxylic acids is 2. The van der Waals surface area contributed by atoms with Crippen molar-refractivity contribution >= 4 is 40.7 Å². The van der Waals surface area contributed by atoms with Crippen molar-refractivity contribution in [3.8, 4) is 0 Å². The lowest BCUT2D eigenvalue weighted by Crippen LogP contribution is -2.43. The maximum absolute atomic E-state index is 13.5. The molecule has 4 N–H and O–H groups in total. The standard InChI is InChI=1S/C17H17FN4O3S/c1-2-25-17(24)19-12-9-7-11(8-10-12)15(23)21-22-16(26)20-14-6-4-3-5-13(14)18/h3-10H,2H2,1H3,(H,19,24)(H,21,23)(H2,20,22,26). The molecule has 0 radical (unpaired) electrons. The van der Waals surface area contributed by atoms with Crippen LogP contribution in [0, 0.1) is 5.82 Å². The number of amides is 2. The molecule has 0 aliphatic heterocycles. The SMILES string of the molecule is CCOC(=O)Nc1ccc(C(=O)NNC(=S)Nc2ccccc2F)cc1. The Balaban J connectivity index is 1.84. The smallest absolute Gasteiger partial charge is 0.411 e. The van der Waals surface area contributed by atoms with Crippen LogP contribution in [0.2, 0.25) is 0 Å². The summed E-state index contributed by atoms with van der Waals surface area (Å²) in [5, 5.41) is 5.18. The van der Waals surface area contributed by atoms with Gasteiger partial charge in [0.15, 0.2) is 5.11 Å². The van der Waals surface area contributed by atoms with Crippen molar-refractivity contribution in [2.24, 2.45) is 0 Å². The van der Waals surface area contributed by atoms with Crippen LogP contribution in [-0.4, -0.2) is 23.7 Å². The van der Waals surface area contributed by atoms with E-state index in [-0.39, 0.29) is 17.4 Å². The van der Waals surface area contributed by atoms with Crippen LogP contribution < -0.4 is 21.5 Å². The van der Waals surface area contributed by atoms with E-state index >= 15 is 0 Å². The monoisotopic (exact) mass is 376 g/mol. The van der Waals surface area contributed by atoms with Gasteiger partial charge in [0, 0.05) is 11.3 Å². The lowest BCUT2D eigenvalue weighted by molar-refractivity contribution is 0.0944. The van der Waals surface area contributed by atoms with Gasteiger partial charge in [-0.1, -0.05) is 12.1 Å². The molecule has 2 amide bonds. The van der Waals surface area contributed by atoms with E-state index in [2.05, 4.69) is 21.5 Å². The third-order valence-corrected chi connectivity index (χ3v) is 3.28. The maximum atomic E-state index is 13.5. The second-order valence-corrected chi connectivity index (χ2v) is 5.34. The van der Waals surface area contributed by atoms with E-state index < -0.39 is 17.8 Å².